The number of aliphatic hydroxyl groups is 1. The Bertz CT molecular complexity index is 922. The van der Waals surface area contributed by atoms with Crippen molar-refractivity contribution in [3.05, 3.63) is 29.8 Å². The van der Waals surface area contributed by atoms with Crippen LogP contribution >= 0.6 is 0 Å². The number of carbonyl (C=O) groups is 5. The van der Waals surface area contributed by atoms with E-state index >= 15 is 0 Å². The summed E-state index contributed by atoms with van der Waals surface area (Å²) in [4.78, 5) is 60.8. The van der Waals surface area contributed by atoms with Crippen LogP contribution in [0.5, 0.6) is 5.75 Å². The van der Waals surface area contributed by atoms with Gasteiger partial charge in [-0.3, -0.25) is 19.2 Å². The first kappa shape index (κ1) is 30.3. The molecule has 10 N–H and O–H groups in total. The molecule has 36 heavy (non-hydrogen) atoms. The molecule has 0 saturated carbocycles. The molecular weight excluding hydrogens is 474 g/mol. The zero-order chi connectivity index (χ0) is 27.4. The predicted molar refractivity (Wildman–Crippen MR) is 128 cm³/mol. The van der Waals surface area contributed by atoms with Gasteiger partial charge in [0.2, 0.25) is 23.6 Å². The monoisotopic (exact) mass is 509 g/mol. The summed E-state index contributed by atoms with van der Waals surface area (Å²) >= 11 is 0. The van der Waals surface area contributed by atoms with E-state index in [1.165, 1.54) is 24.3 Å². The lowest BCUT2D eigenvalue weighted by molar-refractivity contribution is -0.142. The highest BCUT2D eigenvalue weighted by molar-refractivity contribution is 5.94. The molecule has 0 aliphatic heterocycles. The molecule has 1 aromatic rings. The van der Waals surface area contributed by atoms with E-state index in [1.807, 2.05) is 13.8 Å². The van der Waals surface area contributed by atoms with E-state index in [1.54, 1.807) is 0 Å². The number of nitrogens with two attached hydrogens (primary N) is 2. The Hall–Kier alpha value is -3.71. The van der Waals surface area contributed by atoms with Crippen LogP contribution in [0.4, 0.5) is 0 Å². The van der Waals surface area contributed by atoms with Gasteiger partial charge in [-0.1, -0.05) is 26.0 Å². The van der Waals surface area contributed by atoms with Crippen LogP contribution in [0.1, 0.15) is 38.7 Å². The molecule has 0 aliphatic carbocycles. The number of benzene rings is 1. The Balaban J connectivity index is 2.95. The largest absolute Gasteiger partial charge is 0.508 e. The van der Waals surface area contributed by atoms with Crippen LogP contribution in [0.25, 0.3) is 0 Å². The van der Waals surface area contributed by atoms with Crippen molar-refractivity contribution in [1.29, 1.82) is 0 Å². The van der Waals surface area contributed by atoms with Crippen molar-refractivity contribution < 1.29 is 39.3 Å². The minimum Gasteiger partial charge on any atom is -0.508 e. The molecule has 0 bridgehead atoms. The van der Waals surface area contributed by atoms with Gasteiger partial charge >= 0.3 is 5.97 Å². The summed E-state index contributed by atoms with van der Waals surface area (Å²) in [7, 11) is 0. The second-order valence-electron chi connectivity index (χ2n) is 8.82. The summed E-state index contributed by atoms with van der Waals surface area (Å²) < 4.78 is 0. The number of phenolic OH excluding ortho intramolecular Hbond substituents is 1. The van der Waals surface area contributed by atoms with Gasteiger partial charge < -0.3 is 42.7 Å². The fraction of sp³-hybridized carbons (Fsp3) is 0.522. The number of primary amides is 1. The van der Waals surface area contributed by atoms with Crippen LogP contribution in [0.15, 0.2) is 24.3 Å². The molecule has 4 atom stereocenters. The number of rotatable bonds is 15. The quantitative estimate of drug-likeness (QED) is 0.132. The first-order chi connectivity index (χ1) is 16.8. The number of hydrogen-bond donors (Lipinski definition) is 8. The van der Waals surface area contributed by atoms with Gasteiger partial charge in [0.1, 0.15) is 23.9 Å². The Morgan fingerprint density at radius 3 is 1.92 bits per heavy atom. The fourth-order valence-electron chi connectivity index (χ4n) is 3.26. The maximum absolute atomic E-state index is 12.9. The number of aliphatic hydroxyl groups excluding tert-OH is 1. The molecule has 0 radical (unpaired) electrons. The minimum atomic E-state index is -1.44. The Morgan fingerprint density at radius 2 is 1.42 bits per heavy atom. The van der Waals surface area contributed by atoms with Crippen LogP contribution in [0.2, 0.25) is 0 Å². The lowest BCUT2D eigenvalue weighted by Gasteiger charge is -2.24. The number of aliphatic carboxylic acids is 1. The molecule has 0 aromatic heterocycles. The Morgan fingerprint density at radius 1 is 0.889 bits per heavy atom. The van der Waals surface area contributed by atoms with Crippen molar-refractivity contribution in [3.63, 3.8) is 0 Å². The molecule has 4 amide bonds. The summed E-state index contributed by atoms with van der Waals surface area (Å²) in [5.74, 6) is -4.52. The zero-order valence-corrected chi connectivity index (χ0v) is 20.3. The highest BCUT2D eigenvalue weighted by atomic mass is 16.4. The molecule has 0 spiro atoms. The maximum Gasteiger partial charge on any atom is 0.326 e. The Labute approximate surface area is 208 Å². The van der Waals surface area contributed by atoms with Crippen LogP contribution in [0, 0.1) is 5.92 Å². The van der Waals surface area contributed by atoms with Crippen LogP contribution < -0.4 is 27.4 Å². The van der Waals surface area contributed by atoms with Gasteiger partial charge in [-0.2, -0.15) is 0 Å². The van der Waals surface area contributed by atoms with Crippen molar-refractivity contribution >= 4 is 29.6 Å². The van der Waals surface area contributed by atoms with Crippen molar-refractivity contribution in [3.8, 4) is 5.75 Å². The third-order valence-electron chi connectivity index (χ3n) is 5.18. The molecular formula is C23H35N5O8. The average Bonchev–Trinajstić information content (AvgIpc) is 2.79. The van der Waals surface area contributed by atoms with Crippen molar-refractivity contribution in [2.45, 2.75) is 63.7 Å². The molecule has 4 unspecified atom stereocenters. The van der Waals surface area contributed by atoms with Gasteiger partial charge in [-0.15, -0.1) is 0 Å². The lowest BCUT2D eigenvalue weighted by atomic mass is 10.0. The smallest absolute Gasteiger partial charge is 0.326 e. The molecule has 1 rings (SSSR count). The predicted octanol–water partition coefficient (Wildman–Crippen LogP) is -1.90. The second kappa shape index (κ2) is 14.6. The molecule has 0 fully saturated rings. The van der Waals surface area contributed by atoms with Gasteiger partial charge in [-0.05, 0) is 36.5 Å². The SMILES string of the molecule is CC(C)CC(N)C(=O)NC(CO)C(=O)NC(CCC(N)=O)C(=O)NC(Cc1ccc(O)cc1)C(=O)O. The number of phenols is 1. The third-order valence-corrected chi connectivity index (χ3v) is 5.18. The minimum absolute atomic E-state index is 0.0143. The number of aromatic hydroxyl groups is 1. The van der Waals surface area contributed by atoms with Crippen LogP contribution in [-0.4, -0.2) is 75.7 Å². The maximum atomic E-state index is 12.9. The average molecular weight is 510 g/mol. The highest BCUT2D eigenvalue weighted by Crippen LogP contribution is 2.12. The molecule has 0 aliphatic rings. The fourth-order valence-corrected chi connectivity index (χ4v) is 3.26. The standard InChI is InChI=1S/C23H35N5O8/c1-12(2)9-15(24)20(32)28-18(11-29)22(34)26-16(7-8-19(25)31)21(33)27-17(23(35)36)10-13-3-5-14(30)6-4-13/h3-6,12,15-18,29-30H,7-11,24H2,1-2H3,(H2,25,31)(H,26,34)(H,27,33)(H,28,32)(H,35,36). The van der Waals surface area contributed by atoms with Gasteiger partial charge in [0.05, 0.1) is 12.6 Å². The molecule has 200 valence electrons. The summed E-state index contributed by atoms with van der Waals surface area (Å²) in [5, 5.41) is 35.5. The normalized spacial score (nSPS) is 14.2. The number of nitrogens with one attached hydrogen (secondary N) is 3. The van der Waals surface area contributed by atoms with Crippen molar-refractivity contribution in [2.24, 2.45) is 17.4 Å². The molecule has 0 heterocycles. The van der Waals surface area contributed by atoms with Gasteiger partial charge in [0.15, 0.2) is 0 Å². The summed E-state index contributed by atoms with van der Waals surface area (Å²) in [5.41, 5.74) is 11.5. The van der Waals surface area contributed by atoms with E-state index in [-0.39, 0.29) is 30.9 Å². The summed E-state index contributed by atoms with van der Waals surface area (Å²) in [6.45, 7) is 2.92. The van der Waals surface area contributed by atoms with E-state index in [2.05, 4.69) is 16.0 Å². The summed E-state index contributed by atoms with van der Waals surface area (Å²) in [6, 6.07) is 0.568. The summed E-state index contributed by atoms with van der Waals surface area (Å²) in [6.07, 6.45) is -0.339. The van der Waals surface area contributed by atoms with Gasteiger partial charge in [-0.25, -0.2) is 4.79 Å². The number of carboxylic acid groups (broad SMARTS) is 1. The van der Waals surface area contributed by atoms with Crippen LogP contribution in [-0.2, 0) is 30.4 Å². The number of amides is 4. The first-order valence-electron chi connectivity index (χ1n) is 11.4. The lowest BCUT2D eigenvalue weighted by Crippen LogP contribution is -2.58. The highest BCUT2D eigenvalue weighted by Gasteiger charge is 2.30. The molecule has 1 aromatic carbocycles. The van der Waals surface area contributed by atoms with Crippen molar-refractivity contribution in [2.75, 3.05) is 6.61 Å². The number of carboxylic acids is 1. The number of carbonyl (C=O) groups excluding carboxylic acids is 4. The second-order valence-corrected chi connectivity index (χ2v) is 8.82. The molecule has 13 heteroatoms. The van der Waals surface area contributed by atoms with E-state index in [4.69, 9.17) is 11.5 Å². The number of hydrogen-bond acceptors (Lipinski definition) is 8. The van der Waals surface area contributed by atoms with E-state index < -0.39 is 60.4 Å². The van der Waals surface area contributed by atoms with Gasteiger partial charge in [0.25, 0.3) is 0 Å². The van der Waals surface area contributed by atoms with E-state index in [0.29, 0.717) is 12.0 Å². The van der Waals surface area contributed by atoms with E-state index in [0.717, 1.165) is 0 Å². The van der Waals surface area contributed by atoms with Crippen molar-refractivity contribution in [1.82, 2.24) is 16.0 Å². The molecule has 13 nitrogen and oxygen atoms in total. The zero-order valence-electron chi connectivity index (χ0n) is 20.3. The molecule has 0 saturated heterocycles. The van der Waals surface area contributed by atoms with Crippen LogP contribution in [0.3, 0.4) is 0 Å². The van der Waals surface area contributed by atoms with Gasteiger partial charge in [0, 0.05) is 12.8 Å². The first-order valence-corrected chi connectivity index (χ1v) is 11.4. The topological polar surface area (TPSA) is 234 Å². The third kappa shape index (κ3) is 10.7. The van der Waals surface area contributed by atoms with E-state index in [9.17, 15) is 39.3 Å². The Kier molecular flexibility index (Phi) is 12.3.